The van der Waals surface area contributed by atoms with E-state index in [4.69, 9.17) is 5.11 Å². The van der Waals surface area contributed by atoms with Crippen LogP contribution in [0.3, 0.4) is 0 Å². The van der Waals surface area contributed by atoms with E-state index in [9.17, 15) is 4.79 Å². The second-order valence-electron chi connectivity index (χ2n) is 4.08. The lowest BCUT2D eigenvalue weighted by Crippen LogP contribution is -2.01. The summed E-state index contributed by atoms with van der Waals surface area (Å²) in [5, 5.41) is 8.66. The third-order valence-electron chi connectivity index (χ3n) is 2.69. The van der Waals surface area contributed by atoms with Crippen LogP contribution in [-0.2, 0) is 11.2 Å². The van der Waals surface area contributed by atoms with Gasteiger partial charge in [-0.2, -0.15) is 0 Å². The second kappa shape index (κ2) is 5.40. The van der Waals surface area contributed by atoms with Gasteiger partial charge in [-0.15, -0.1) is 0 Å². The molecule has 0 radical (unpaired) electrons. The highest BCUT2D eigenvalue weighted by molar-refractivity contribution is 5.67. The molecule has 0 amide bonds. The van der Waals surface area contributed by atoms with Crippen LogP contribution < -0.4 is 0 Å². The molecule has 2 rings (SSSR count). The zero-order valence-corrected chi connectivity index (χ0v) is 10.1. The first kappa shape index (κ1) is 12.2. The smallest absolute Gasteiger partial charge is 0.303 e. The minimum Gasteiger partial charge on any atom is -0.481 e. The van der Waals surface area contributed by atoms with Gasteiger partial charge in [0.15, 0.2) is 5.82 Å². The van der Waals surface area contributed by atoms with E-state index in [-0.39, 0.29) is 6.42 Å². The molecule has 1 aromatic carbocycles. The predicted octanol–water partition coefficient (Wildman–Crippen LogP) is 2.47. The van der Waals surface area contributed by atoms with E-state index in [0.29, 0.717) is 12.2 Å². The van der Waals surface area contributed by atoms with Crippen molar-refractivity contribution in [1.82, 2.24) is 9.97 Å². The van der Waals surface area contributed by atoms with E-state index >= 15 is 0 Å². The predicted molar refractivity (Wildman–Crippen MR) is 68.2 cm³/mol. The van der Waals surface area contributed by atoms with Crippen molar-refractivity contribution in [2.24, 2.45) is 0 Å². The molecule has 0 aliphatic carbocycles. The molecule has 2 aromatic rings. The van der Waals surface area contributed by atoms with E-state index < -0.39 is 5.97 Å². The van der Waals surface area contributed by atoms with Crippen LogP contribution in [0.4, 0.5) is 0 Å². The first-order chi connectivity index (χ1) is 8.66. The fourth-order valence-electron chi connectivity index (χ4n) is 1.72. The van der Waals surface area contributed by atoms with Gasteiger partial charge in [-0.1, -0.05) is 24.3 Å². The maximum absolute atomic E-state index is 10.5. The van der Waals surface area contributed by atoms with Crippen LogP contribution in [0.25, 0.3) is 11.4 Å². The molecule has 0 saturated heterocycles. The monoisotopic (exact) mass is 242 g/mol. The Kier molecular flexibility index (Phi) is 3.67. The topological polar surface area (TPSA) is 63.1 Å². The van der Waals surface area contributed by atoms with Gasteiger partial charge in [-0.05, 0) is 18.6 Å². The average Bonchev–Trinajstić information content (AvgIpc) is 2.37. The van der Waals surface area contributed by atoms with Gasteiger partial charge in [0.25, 0.3) is 0 Å². The van der Waals surface area contributed by atoms with Crippen molar-refractivity contribution in [1.29, 1.82) is 0 Å². The summed E-state index contributed by atoms with van der Waals surface area (Å²) in [5.41, 5.74) is 2.84. The fourth-order valence-corrected chi connectivity index (χ4v) is 1.72. The molecule has 0 saturated carbocycles. The number of nitrogens with zero attached hydrogens (tertiary/aromatic N) is 2. The number of aromatic nitrogens is 2. The Morgan fingerprint density at radius 3 is 2.78 bits per heavy atom. The number of hydrogen-bond acceptors (Lipinski definition) is 3. The summed E-state index contributed by atoms with van der Waals surface area (Å²) in [6.45, 7) is 2.00. The Hall–Kier alpha value is -2.23. The van der Waals surface area contributed by atoms with Crippen LogP contribution in [0, 0.1) is 6.92 Å². The molecule has 0 bridgehead atoms. The number of rotatable bonds is 4. The number of aryl methyl sites for hydroxylation is 2. The highest BCUT2D eigenvalue weighted by atomic mass is 16.4. The Bertz CT molecular complexity index is 567. The molecular weight excluding hydrogens is 228 g/mol. The van der Waals surface area contributed by atoms with E-state index in [1.165, 1.54) is 0 Å². The Morgan fingerprint density at radius 1 is 1.28 bits per heavy atom. The number of hydrogen-bond donors (Lipinski definition) is 1. The molecule has 1 heterocycles. The summed E-state index contributed by atoms with van der Waals surface area (Å²) in [6, 6.07) is 9.63. The van der Waals surface area contributed by atoms with Crippen molar-refractivity contribution in [2.45, 2.75) is 19.8 Å². The molecule has 0 spiro atoms. The number of carboxylic acids is 1. The lowest BCUT2D eigenvalue weighted by molar-refractivity contribution is -0.136. The third-order valence-corrected chi connectivity index (χ3v) is 2.69. The first-order valence-electron chi connectivity index (χ1n) is 5.76. The van der Waals surface area contributed by atoms with Crippen LogP contribution in [0.15, 0.2) is 36.5 Å². The van der Waals surface area contributed by atoms with Crippen molar-refractivity contribution >= 4 is 5.97 Å². The Morgan fingerprint density at radius 2 is 2.06 bits per heavy atom. The molecule has 1 aromatic heterocycles. The van der Waals surface area contributed by atoms with Crippen molar-refractivity contribution in [2.75, 3.05) is 0 Å². The average molecular weight is 242 g/mol. The number of carboxylic acid groups (broad SMARTS) is 1. The molecule has 0 aliphatic heterocycles. The number of carbonyl (C=O) groups is 1. The van der Waals surface area contributed by atoms with Gasteiger partial charge in [0, 0.05) is 23.9 Å². The summed E-state index contributed by atoms with van der Waals surface area (Å²) in [6.07, 6.45) is 2.19. The van der Waals surface area contributed by atoms with Gasteiger partial charge in [0.1, 0.15) is 0 Å². The molecular formula is C14H14N2O2. The molecule has 1 N–H and O–H groups in total. The number of aliphatic carboxylic acids is 1. The van der Waals surface area contributed by atoms with Crippen molar-refractivity contribution in [3.8, 4) is 11.4 Å². The molecule has 18 heavy (non-hydrogen) atoms. The second-order valence-corrected chi connectivity index (χ2v) is 4.08. The minimum absolute atomic E-state index is 0.0875. The van der Waals surface area contributed by atoms with Crippen molar-refractivity contribution < 1.29 is 9.90 Å². The molecule has 4 nitrogen and oxygen atoms in total. The van der Waals surface area contributed by atoms with E-state index in [2.05, 4.69) is 9.97 Å². The van der Waals surface area contributed by atoms with Crippen LogP contribution in [0.2, 0.25) is 0 Å². The molecule has 4 heteroatoms. The van der Waals surface area contributed by atoms with Crippen LogP contribution in [0.1, 0.15) is 17.7 Å². The zero-order valence-electron chi connectivity index (χ0n) is 10.1. The maximum Gasteiger partial charge on any atom is 0.303 e. The standard InChI is InChI=1S/C14H14N2O2/c1-10-4-2-3-5-12(10)14-15-9-8-11(16-14)6-7-13(17)18/h2-5,8-9H,6-7H2,1H3,(H,17,18). The minimum atomic E-state index is -0.814. The Balaban J connectivity index is 2.27. The molecule has 92 valence electrons. The quantitative estimate of drug-likeness (QED) is 0.894. The normalized spacial score (nSPS) is 10.3. The van der Waals surface area contributed by atoms with Gasteiger partial charge >= 0.3 is 5.97 Å². The van der Waals surface area contributed by atoms with Crippen LogP contribution in [0.5, 0.6) is 0 Å². The van der Waals surface area contributed by atoms with Gasteiger partial charge in [-0.3, -0.25) is 4.79 Å². The molecule has 0 unspecified atom stereocenters. The van der Waals surface area contributed by atoms with Gasteiger partial charge in [-0.25, -0.2) is 9.97 Å². The van der Waals surface area contributed by atoms with E-state index in [1.807, 2.05) is 31.2 Å². The van der Waals surface area contributed by atoms with E-state index in [0.717, 1.165) is 16.8 Å². The van der Waals surface area contributed by atoms with Gasteiger partial charge in [0.2, 0.25) is 0 Å². The summed E-state index contributed by atoms with van der Waals surface area (Å²) in [4.78, 5) is 19.2. The first-order valence-corrected chi connectivity index (χ1v) is 5.76. The highest BCUT2D eigenvalue weighted by Crippen LogP contribution is 2.19. The zero-order chi connectivity index (χ0) is 13.0. The van der Waals surface area contributed by atoms with Crippen LogP contribution >= 0.6 is 0 Å². The summed E-state index contributed by atoms with van der Waals surface area (Å²) >= 11 is 0. The Labute approximate surface area is 105 Å². The summed E-state index contributed by atoms with van der Waals surface area (Å²) in [5.74, 6) is -0.165. The van der Waals surface area contributed by atoms with Crippen molar-refractivity contribution in [3.05, 3.63) is 47.8 Å². The largest absolute Gasteiger partial charge is 0.481 e. The third kappa shape index (κ3) is 2.91. The molecule has 0 fully saturated rings. The summed E-state index contributed by atoms with van der Waals surface area (Å²) in [7, 11) is 0. The lowest BCUT2D eigenvalue weighted by Gasteiger charge is -2.05. The van der Waals surface area contributed by atoms with Crippen molar-refractivity contribution in [3.63, 3.8) is 0 Å². The number of benzene rings is 1. The van der Waals surface area contributed by atoms with Crippen LogP contribution in [-0.4, -0.2) is 21.0 Å². The SMILES string of the molecule is Cc1ccccc1-c1nccc(CCC(=O)O)n1. The summed E-state index contributed by atoms with van der Waals surface area (Å²) < 4.78 is 0. The molecule has 0 atom stereocenters. The fraction of sp³-hybridized carbons (Fsp3) is 0.214. The molecule has 0 aliphatic rings. The highest BCUT2D eigenvalue weighted by Gasteiger charge is 2.06. The van der Waals surface area contributed by atoms with Gasteiger partial charge in [0.05, 0.1) is 6.42 Å². The lowest BCUT2D eigenvalue weighted by atomic mass is 10.1. The van der Waals surface area contributed by atoms with Gasteiger partial charge < -0.3 is 5.11 Å². The maximum atomic E-state index is 10.5. The van der Waals surface area contributed by atoms with E-state index in [1.54, 1.807) is 12.3 Å².